The highest BCUT2D eigenvalue weighted by atomic mass is 19.4. The Bertz CT molecular complexity index is 1090. The summed E-state index contributed by atoms with van der Waals surface area (Å²) in [7, 11) is 0. The Kier molecular flexibility index (Phi) is 5.22. The topological polar surface area (TPSA) is 109 Å². The van der Waals surface area contributed by atoms with Crippen molar-refractivity contribution in [1.29, 1.82) is 0 Å². The van der Waals surface area contributed by atoms with E-state index in [-0.39, 0.29) is 28.7 Å². The average molecular weight is 405 g/mol. The van der Waals surface area contributed by atoms with E-state index in [9.17, 15) is 23.3 Å². The molecule has 0 unspecified atom stereocenters. The van der Waals surface area contributed by atoms with Crippen LogP contribution in [0.4, 0.5) is 24.8 Å². The number of halogens is 3. The summed E-state index contributed by atoms with van der Waals surface area (Å²) < 4.78 is 45.5. The summed E-state index contributed by atoms with van der Waals surface area (Å²) in [6.07, 6.45) is -1.75. The van der Waals surface area contributed by atoms with E-state index in [1.807, 2.05) is 0 Å². The van der Waals surface area contributed by atoms with Crippen LogP contribution in [-0.4, -0.2) is 20.8 Å². The molecule has 3 aromatic rings. The molecule has 29 heavy (non-hydrogen) atoms. The lowest BCUT2D eigenvalue weighted by Gasteiger charge is -2.11. The molecular weight excluding hydrogens is 391 g/mol. The van der Waals surface area contributed by atoms with Crippen molar-refractivity contribution in [3.8, 4) is 11.5 Å². The molecule has 0 aliphatic carbocycles. The fourth-order valence-electron chi connectivity index (χ4n) is 2.43. The molecule has 0 atom stereocenters. The number of imidazole rings is 1. The van der Waals surface area contributed by atoms with Gasteiger partial charge in [-0.15, -0.1) is 0 Å². The summed E-state index contributed by atoms with van der Waals surface area (Å²) in [5.41, 5.74) is 5.35. The van der Waals surface area contributed by atoms with Gasteiger partial charge >= 0.3 is 6.18 Å². The van der Waals surface area contributed by atoms with Crippen LogP contribution < -0.4 is 10.5 Å². The number of non-ortho nitro benzene ring substituents is 1. The lowest BCUT2D eigenvalue weighted by Crippen LogP contribution is -2.04. The summed E-state index contributed by atoms with van der Waals surface area (Å²) in [6.45, 7) is 1.71. The van der Waals surface area contributed by atoms with Crippen LogP contribution >= 0.6 is 0 Å². The number of anilines is 1. The van der Waals surface area contributed by atoms with E-state index in [1.54, 1.807) is 6.92 Å². The molecule has 8 nitrogen and oxygen atoms in total. The van der Waals surface area contributed by atoms with Gasteiger partial charge in [0.05, 0.1) is 28.6 Å². The van der Waals surface area contributed by atoms with Gasteiger partial charge in [-0.2, -0.15) is 18.3 Å². The van der Waals surface area contributed by atoms with Crippen molar-refractivity contribution in [2.75, 3.05) is 5.73 Å². The molecule has 0 aliphatic heterocycles. The SMILES string of the molecule is Cc1cn(N=Cc2cc([N+](=O)[O-])ccc2Oc2cccc(C(F)(F)F)c2)c(N)n1. The maximum absolute atomic E-state index is 12.9. The van der Waals surface area contributed by atoms with E-state index < -0.39 is 16.7 Å². The van der Waals surface area contributed by atoms with E-state index in [4.69, 9.17) is 10.5 Å². The van der Waals surface area contributed by atoms with Crippen molar-refractivity contribution in [3.63, 3.8) is 0 Å². The molecular formula is C18H14F3N5O3. The molecule has 0 saturated heterocycles. The molecule has 11 heteroatoms. The van der Waals surface area contributed by atoms with Crippen LogP contribution in [0.2, 0.25) is 0 Å². The molecule has 0 radical (unpaired) electrons. The summed E-state index contributed by atoms with van der Waals surface area (Å²) in [6, 6.07) is 7.93. The van der Waals surface area contributed by atoms with Crippen molar-refractivity contribution in [2.24, 2.45) is 5.10 Å². The number of nitro groups is 1. The lowest BCUT2D eigenvalue weighted by molar-refractivity contribution is -0.384. The molecule has 3 rings (SSSR count). The van der Waals surface area contributed by atoms with Crippen LogP contribution in [0.1, 0.15) is 16.8 Å². The first-order valence-corrected chi connectivity index (χ1v) is 8.13. The number of hydrogen-bond acceptors (Lipinski definition) is 6. The van der Waals surface area contributed by atoms with Crippen LogP contribution in [0.25, 0.3) is 0 Å². The number of alkyl halides is 3. The number of ether oxygens (including phenoxy) is 1. The smallest absolute Gasteiger partial charge is 0.416 e. The maximum atomic E-state index is 12.9. The first-order valence-electron chi connectivity index (χ1n) is 8.13. The average Bonchev–Trinajstić information content (AvgIpc) is 2.97. The third kappa shape index (κ3) is 4.69. The molecule has 0 spiro atoms. The third-order valence-corrected chi connectivity index (χ3v) is 3.75. The number of nitrogen functional groups attached to an aromatic ring is 1. The maximum Gasteiger partial charge on any atom is 0.416 e. The Balaban J connectivity index is 1.98. The minimum absolute atomic E-state index is 0.0779. The molecule has 0 fully saturated rings. The number of nitrogens with two attached hydrogens (primary N) is 1. The molecule has 1 aromatic heterocycles. The molecule has 0 amide bonds. The molecule has 2 N–H and O–H groups in total. The molecule has 2 aromatic carbocycles. The van der Waals surface area contributed by atoms with E-state index in [0.29, 0.717) is 5.69 Å². The normalized spacial score (nSPS) is 11.7. The first-order chi connectivity index (χ1) is 13.6. The number of hydrogen-bond donors (Lipinski definition) is 1. The minimum atomic E-state index is -4.53. The summed E-state index contributed by atoms with van der Waals surface area (Å²) >= 11 is 0. The highest BCUT2D eigenvalue weighted by molar-refractivity contribution is 5.85. The Morgan fingerprint density at radius 3 is 2.66 bits per heavy atom. The first kappa shape index (κ1) is 19.9. The van der Waals surface area contributed by atoms with E-state index in [1.165, 1.54) is 47.4 Å². The minimum Gasteiger partial charge on any atom is -0.457 e. The van der Waals surface area contributed by atoms with Gasteiger partial charge in [-0.05, 0) is 31.2 Å². The van der Waals surface area contributed by atoms with E-state index in [0.717, 1.165) is 12.1 Å². The van der Waals surface area contributed by atoms with Gasteiger partial charge < -0.3 is 10.5 Å². The van der Waals surface area contributed by atoms with Gasteiger partial charge in [0.2, 0.25) is 5.95 Å². The van der Waals surface area contributed by atoms with Gasteiger partial charge in [0.15, 0.2) is 0 Å². The number of aromatic nitrogens is 2. The van der Waals surface area contributed by atoms with Crippen molar-refractivity contribution < 1.29 is 22.8 Å². The Labute approximate surface area is 162 Å². The van der Waals surface area contributed by atoms with E-state index >= 15 is 0 Å². The summed E-state index contributed by atoms with van der Waals surface area (Å²) in [4.78, 5) is 14.4. The van der Waals surface area contributed by atoms with Crippen molar-refractivity contribution in [2.45, 2.75) is 13.1 Å². The zero-order chi connectivity index (χ0) is 21.2. The molecule has 0 bridgehead atoms. The molecule has 150 valence electrons. The number of nitrogens with zero attached hydrogens (tertiary/aromatic N) is 4. The van der Waals surface area contributed by atoms with Gasteiger partial charge in [-0.1, -0.05) is 6.07 Å². The summed E-state index contributed by atoms with van der Waals surface area (Å²) in [5, 5.41) is 15.1. The number of rotatable bonds is 5. The van der Waals surface area contributed by atoms with Gasteiger partial charge in [0.1, 0.15) is 11.5 Å². The third-order valence-electron chi connectivity index (χ3n) is 3.75. The van der Waals surface area contributed by atoms with Crippen LogP contribution in [-0.2, 0) is 6.18 Å². The fraction of sp³-hybridized carbons (Fsp3) is 0.111. The zero-order valence-corrected chi connectivity index (χ0v) is 14.9. The second kappa shape index (κ2) is 7.62. The van der Waals surface area contributed by atoms with E-state index in [2.05, 4.69) is 10.1 Å². The number of benzene rings is 2. The molecule has 0 aliphatic rings. The van der Waals surface area contributed by atoms with Crippen LogP contribution in [0.15, 0.2) is 53.8 Å². The predicted octanol–water partition coefficient (Wildman–Crippen LogP) is 4.38. The largest absolute Gasteiger partial charge is 0.457 e. The number of aryl methyl sites for hydroxylation is 1. The zero-order valence-electron chi connectivity index (χ0n) is 14.9. The van der Waals surface area contributed by atoms with Crippen molar-refractivity contribution >= 4 is 17.9 Å². The van der Waals surface area contributed by atoms with Crippen molar-refractivity contribution in [3.05, 3.63) is 75.6 Å². The molecule has 1 heterocycles. The standard InChI is InChI=1S/C18H14F3N5O3/c1-11-10-25(17(22)24-11)23-9-12-7-14(26(27)28)5-6-16(12)29-15-4-2-3-13(8-15)18(19,20)21/h2-10H,1H3,(H2,22,24). The van der Waals surface area contributed by atoms with Crippen LogP contribution in [0.3, 0.4) is 0 Å². The Hall–Kier alpha value is -3.89. The predicted molar refractivity (Wildman–Crippen MR) is 99.0 cm³/mol. The van der Waals surface area contributed by atoms with Gasteiger partial charge in [-0.3, -0.25) is 10.1 Å². The van der Waals surface area contributed by atoms with Gasteiger partial charge in [-0.25, -0.2) is 9.66 Å². The Morgan fingerprint density at radius 1 is 1.28 bits per heavy atom. The van der Waals surface area contributed by atoms with Crippen molar-refractivity contribution in [1.82, 2.24) is 9.66 Å². The highest BCUT2D eigenvalue weighted by Gasteiger charge is 2.30. The summed E-state index contributed by atoms with van der Waals surface area (Å²) in [5.74, 6) is 0.0972. The second-order valence-corrected chi connectivity index (χ2v) is 5.94. The lowest BCUT2D eigenvalue weighted by atomic mass is 10.2. The van der Waals surface area contributed by atoms with Crippen LogP contribution in [0.5, 0.6) is 11.5 Å². The van der Waals surface area contributed by atoms with Crippen LogP contribution in [0, 0.1) is 17.0 Å². The van der Waals surface area contributed by atoms with Gasteiger partial charge in [0, 0.05) is 17.7 Å². The monoisotopic (exact) mass is 405 g/mol. The highest BCUT2D eigenvalue weighted by Crippen LogP contribution is 2.34. The quantitative estimate of drug-likeness (QED) is 0.385. The van der Waals surface area contributed by atoms with Gasteiger partial charge in [0.25, 0.3) is 5.69 Å². The fourth-order valence-corrected chi connectivity index (χ4v) is 2.43. The molecule has 0 saturated carbocycles. The number of nitro benzene ring substituents is 1. The second-order valence-electron chi connectivity index (χ2n) is 5.94. The Morgan fingerprint density at radius 2 is 2.03 bits per heavy atom.